The molecule has 1 saturated carbocycles. The fourth-order valence-electron chi connectivity index (χ4n) is 4.93. The molecule has 0 bridgehead atoms. The summed E-state index contributed by atoms with van der Waals surface area (Å²) in [6.07, 6.45) is 12.9. The first kappa shape index (κ1) is 25.6. The summed E-state index contributed by atoms with van der Waals surface area (Å²) >= 11 is 0. The average Bonchev–Trinajstić information content (AvgIpc) is 3.20. The second-order valence-corrected chi connectivity index (χ2v) is 9.88. The van der Waals surface area contributed by atoms with Crippen LogP contribution in [0.2, 0.25) is 0 Å². The van der Waals surface area contributed by atoms with E-state index in [0.717, 1.165) is 75.9 Å². The molecule has 1 N–H and O–H groups in total. The molecule has 0 aliphatic heterocycles. The predicted molar refractivity (Wildman–Crippen MR) is 146 cm³/mol. The highest BCUT2D eigenvalue weighted by atomic mass is 16.5. The van der Waals surface area contributed by atoms with Gasteiger partial charge < -0.3 is 23.9 Å². The molecule has 0 saturated heterocycles. The van der Waals surface area contributed by atoms with Crippen LogP contribution < -0.4 is 4.74 Å². The molecule has 37 heavy (non-hydrogen) atoms. The van der Waals surface area contributed by atoms with Gasteiger partial charge in [0.15, 0.2) is 0 Å². The molecule has 3 aromatic heterocycles. The Balaban J connectivity index is 1.03. The van der Waals surface area contributed by atoms with Crippen molar-refractivity contribution in [3.8, 4) is 17.0 Å². The molecule has 5 rings (SSSR count). The second kappa shape index (κ2) is 12.5. The third-order valence-corrected chi connectivity index (χ3v) is 7.20. The van der Waals surface area contributed by atoms with Gasteiger partial charge in [-0.15, -0.1) is 0 Å². The summed E-state index contributed by atoms with van der Waals surface area (Å²) in [7, 11) is 2.09. The van der Waals surface area contributed by atoms with Crippen LogP contribution in [0.5, 0.6) is 5.88 Å². The number of aromatic nitrogens is 3. The monoisotopic (exact) mass is 503 g/mol. The summed E-state index contributed by atoms with van der Waals surface area (Å²) in [6, 6.07) is 12.6. The lowest BCUT2D eigenvalue weighted by Gasteiger charge is -2.34. The molecule has 7 heteroatoms. The standard InChI is InChI=1S/C30H37N3O4/c1-33-28-11-12-31-21-27(28)26-9-7-22(17-29(26)33)23-8-10-30(32-20-23)37-25-18-24(19-25)36-16-6-5-15-35-14-4-2-3-13-34/h7-12,17,20-21,24-25,34H,2-6,13-16,18-19H2,1H3. The van der Waals surface area contributed by atoms with Crippen LogP contribution >= 0.6 is 0 Å². The first-order valence-corrected chi connectivity index (χ1v) is 13.5. The van der Waals surface area contributed by atoms with Crippen molar-refractivity contribution in [2.24, 2.45) is 7.05 Å². The molecule has 0 spiro atoms. The molecule has 1 fully saturated rings. The number of fused-ring (bicyclic) bond motifs is 3. The second-order valence-electron chi connectivity index (χ2n) is 9.88. The van der Waals surface area contributed by atoms with Crippen LogP contribution in [0.1, 0.15) is 44.9 Å². The Hall–Kier alpha value is -3.00. The quantitative estimate of drug-likeness (QED) is 0.223. The maximum Gasteiger partial charge on any atom is 0.213 e. The smallest absolute Gasteiger partial charge is 0.213 e. The number of aliphatic hydroxyl groups excluding tert-OH is 1. The Morgan fingerprint density at radius 3 is 2.46 bits per heavy atom. The fourth-order valence-corrected chi connectivity index (χ4v) is 4.93. The number of hydrogen-bond donors (Lipinski definition) is 1. The Morgan fingerprint density at radius 1 is 0.838 bits per heavy atom. The molecule has 4 aromatic rings. The van der Waals surface area contributed by atoms with Crippen molar-refractivity contribution in [1.29, 1.82) is 0 Å². The topological polar surface area (TPSA) is 78.6 Å². The minimum atomic E-state index is 0.173. The van der Waals surface area contributed by atoms with E-state index in [0.29, 0.717) is 5.88 Å². The normalized spacial score (nSPS) is 17.4. The molecule has 196 valence electrons. The molecule has 0 radical (unpaired) electrons. The number of pyridine rings is 2. The van der Waals surface area contributed by atoms with Gasteiger partial charge in [0.1, 0.15) is 6.10 Å². The van der Waals surface area contributed by atoms with Crippen LogP contribution in [-0.2, 0) is 16.5 Å². The maximum absolute atomic E-state index is 8.76. The average molecular weight is 504 g/mol. The highest BCUT2D eigenvalue weighted by molar-refractivity contribution is 6.08. The number of unbranched alkanes of at least 4 members (excludes halogenated alkanes) is 3. The minimum Gasteiger partial charge on any atom is -0.474 e. The number of rotatable bonds is 14. The van der Waals surface area contributed by atoms with Gasteiger partial charge in [-0.3, -0.25) is 4.98 Å². The summed E-state index contributed by atoms with van der Waals surface area (Å²) in [5, 5.41) is 11.1. The number of aliphatic hydroxyl groups is 1. The largest absolute Gasteiger partial charge is 0.474 e. The van der Waals surface area contributed by atoms with Gasteiger partial charge in [-0.25, -0.2) is 4.98 Å². The third kappa shape index (κ3) is 6.29. The van der Waals surface area contributed by atoms with Gasteiger partial charge in [-0.1, -0.05) is 12.1 Å². The van der Waals surface area contributed by atoms with Crippen LogP contribution in [-0.4, -0.2) is 58.3 Å². The molecule has 0 atom stereocenters. The number of nitrogens with zero attached hydrogens (tertiary/aromatic N) is 3. The van der Waals surface area contributed by atoms with Crippen molar-refractivity contribution < 1.29 is 19.3 Å². The Labute approximate surface area is 218 Å². The van der Waals surface area contributed by atoms with E-state index < -0.39 is 0 Å². The Morgan fingerprint density at radius 2 is 1.65 bits per heavy atom. The zero-order chi connectivity index (χ0) is 25.5. The zero-order valence-electron chi connectivity index (χ0n) is 21.6. The van der Waals surface area contributed by atoms with E-state index in [1.54, 1.807) is 0 Å². The van der Waals surface area contributed by atoms with Gasteiger partial charge in [0.05, 0.1) is 11.6 Å². The van der Waals surface area contributed by atoms with Crippen molar-refractivity contribution in [2.75, 3.05) is 26.4 Å². The van der Waals surface area contributed by atoms with Crippen LogP contribution in [0.25, 0.3) is 32.9 Å². The lowest BCUT2D eigenvalue weighted by Crippen LogP contribution is -2.39. The summed E-state index contributed by atoms with van der Waals surface area (Å²) in [5.41, 5.74) is 4.57. The van der Waals surface area contributed by atoms with E-state index in [4.69, 9.17) is 19.3 Å². The van der Waals surface area contributed by atoms with Gasteiger partial charge in [0, 0.05) is 92.8 Å². The molecule has 3 heterocycles. The van der Waals surface area contributed by atoms with Gasteiger partial charge in [0.2, 0.25) is 5.88 Å². The van der Waals surface area contributed by atoms with Gasteiger partial charge >= 0.3 is 0 Å². The first-order chi connectivity index (χ1) is 18.2. The summed E-state index contributed by atoms with van der Waals surface area (Å²) in [5.74, 6) is 0.667. The lowest BCUT2D eigenvalue weighted by molar-refractivity contribution is -0.0636. The van der Waals surface area contributed by atoms with Crippen LogP contribution in [0, 0.1) is 0 Å². The zero-order valence-corrected chi connectivity index (χ0v) is 21.6. The molecular weight excluding hydrogens is 466 g/mol. The molecular formula is C30H37N3O4. The number of hydrogen-bond acceptors (Lipinski definition) is 6. The Kier molecular flexibility index (Phi) is 8.66. The molecule has 0 unspecified atom stereocenters. The molecule has 0 amide bonds. The van der Waals surface area contributed by atoms with E-state index in [2.05, 4.69) is 51.9 Å². The van der Waals surface area contributed by atoms with Crippen LogP contribution in [0.15, 0.2) is 55.0 Å². The fraction of sp³-hybridized carbons (Fsp3) is 0.467. The molecule has 1 aliphatic rings. The van der Waals surface area contributed by atoms with Gasteiger partial charge in [0.25, 0.3) is 0 Å². The van der Waals surface area contributed by atoms with E-state index in [-0.39, 0.29) is 18.8 Å². The molecule has 1 aliphatic carbocycles. The lowest BCUT2D eigenvalue weighted by atomic mass is 9.92. The number of ether oxygens (including phenoxy) is 3. The van der Waals surface area contributed by atoms with Crippen LogP contribution in [0.4, 0.5) is 0 Å². The highest BCUT2D eigenvalue weighted by Gasteiger charge is 2.31. The maximum atomic E-state index is 8.76. The van der Waals surface area contributed by atoms with Crippen molar-refractivity contribution in [3.05, 3.63) is 55.0 Å². The first-order valence-electron chi connectivity index (χ1n) is 13.5. The Bertz CT molecular complexity index is 1280. The van der Waals surface area contributed by atoms with Gasteiger partial charge in [-0.2, -0.15) is 0 Å². The summed E-state index contributed by atoms with van der Waals surface area (Å²) in [4.78, 5) is 8.86. The van der Waals surface area contributed by atoms with Crippen molar-refractivity contribution >= 4 is 21.8 Å². The van der Waals surface area contributed by atoms with E-state index in [9.17, 15) is 0 Å². The molecule has 1 aromatic carbocycles. The minimum absolute atomic E-state index is 0.173. The predicted octanol–water partition coefficient (Wildman–Crippen LogP) is 5.67. The van der Waals surface area contributed by atoms with Crippen molar-refractivity contribution in [1.82, 2.24) is 14.5 Å². The van der Waals surface area contributed by atoms with Crippen molar-refractivity contribution in [2.45, 2.75) is 57.2 Å². The van der Waals surface area contributed by atoms with Gasteiger partial charge in [-0.05, 0) is 55.9 Å². The van der Waals surface area contributed by atoms with E-state index >= 15 is 0 Å². The number of aryl methyl sites for hydroxylation is 1. The van der Waals surface area contributed by atoms with E-state index in [1.165, 1.54) is 21.8 Å². The SMILES string of the molecule is Cn1c2ccncc2c2ccc(-c3ccc(OC4CC(OCCCCOCCCCCO)C4)nc3)cc21. The molecule has 7 nitrogen and oxygen atoms in total. The third-order valence-electron chi connectivity index (χ3n) is 7.20. The summed E-state index contributed by atoms with van der Waals surface area (Å²) in [6.45, 7) is 2.62. The van der Waals surface area contributed by atoms with Crippen molar-refractivity contribution in [3.63, 3.8) is 0 Å². The highest BCUT2D eigenvalue weighted by Crippen LogP contribution is 2.32. The van der Waals surface area contributed by atoms with E-state index in [1.807, 2.05) is 24.7 Å². The van der Waals surface area contributed by atoms with Crippen LogP contribution in [0.3, 0.4) is 0 Å². The number of benzene rings is 1. The summed E-state index contributed by atoms with van der Waals surface area (Å²) < 4.78 is 19.9.